The molecule has 78 valence electrons. The summed E-state index contributed by atoms with van der Waals surface area (Å²) in [5.41, 5.74) is -0.000602. The van der Waals surface area contributed by atoms with Crippen LogP contribution in [0.5, 0.6) is 0 Å². The van der Waals surface area contributed by atoms with Crippen LogP contribution in [-0.2, 0) is 0 Å². The Balaban J connectivity index is 0.00000169. The van der Waals surface area contributed by atoms with E-state index >= 15 is 0 Å². The summed E-state index contributed by atoms with van der Waals surface area (Å²) in [5.74, 6) is -1.97. The lowest BCUT2D eigenvalue weighted by Crippen LogP contribution is -2.22. The monoisotopic (exact) mass is 221 g/mol. The normalized spacial score (nSPS) is 9.07. The highest BCUT2D eigenvalue weighted by Gasteiger charge is 2.07. The Kier molecular flexibility index (Phi) is 5.09. The third kappa shape index (κ3) is 3.30. The molecule has 0 saturated carbocycles. The van der Waals surface area contributed by atoms with Gasteiger partial charge in [-0.05, 0) is 19.1 Å². The number of benzene rings is 1. The maximum absolute atomic E-state index is 12.6. The van der Waals surface area contributed by atoms with Crippen molar-refractivity contribution in [1.29, 1.82) is 0 Å². The summed E-state index contributed by atoms with van der Waals surface area (Å²) in [6.45, 7) is 2.16. The number of nitrogens with one attached hydrogen (secondary N) is 1. The number of amides is 1. The number of carbonyl (C=O) groups excluding carboxylic acids is 1. The van der Waals surface area contributed by atoms with Gasteiger partial charge in [0.15, 0.2) is 0 Å². The Bertz CT molecular complexity index is 310. The first-order valence-electron chi connectivity index (χ1n) is 3.87. The molecule has 1 amide bonds. The van der Waals surface area contributed by atoms with Crippen molar-refractivity contribution in [2.24, 2.45) is 0 Å². The van der Waals surface area contributed by atoms with Gasteiger partial charge < -0.3 is 5.32 Å². The van der Waals surface area contributed by atoms with Crippen molar-refractivity contribution in [3.05, 3.63) is 35.4 Å². The zero-order valence-corrected chi connectivity index (χ0v) is 8.33. The van der Waals surface area contributed by atoms with Crippen LogP contribution in [0.4, 0.5) is 8.78 Å². The second-order valence-electron chi connectivity index (χ2n) is 2.52. The molecule has 1 rings (SSSR count). The van der Waals surface area contributed by atoms with Gasteiger partial charge in [0.1, 0.15) is 11.6 Å². The van der Waals surface area contributed by atoms with Gasteiger partial charge in [-0.25, -0.2) is 8.78 Å². The summed E-state index contributed by atoms with van der Waals surface area (Å²) < 4.78 is 25.2. The maximum Gasteiger partial charge on any atom is 0.251 e. The zero-order valence-electron chi connectivity index (χ0n) is 7.51. The lowest BCUT2D eigenvalue weighted by molar-refractivity contribution is 0.0955. The first kappa shape index (κ1) is 12.8. The topological polar surface area (TPSA) is 29.1 Å². The van der Waals surface area contributed by atoms with Gasteiger partial charge in [-0.2, -0.15) is 0 Å². The predicted molar refractivity (Wildman–Crippen MR) is 51.6 cm³/mol. The molecule has 0 aliphatic carbocycles. The van der Waals surface area contributed by atoms with Gasteiger partial charge in [-0.3, -0.25) is 4.79 Å². The lowest BCUT2D eigenvalue weighted by atomic mass is 10.2. The summed E-state index contributed by atoms with van der Waals surface area (Å²) in [4.78, 5) is 11.1. The molecule has 0 heterocycles. The summed E-state index contributed by atoms with van der Waals surface area (Å²) in [6, 6.07) is 2.71. The highest BCUT2D eigenvalue weighted by molar-refractivity contribution is 5.94. The molecule has 0 fully saturated rings. The van der Waals surface area contributed by atoms with Crippen molar-refractivity contribution in [3.8, 4) is 0 Å². The van der Waals surface area contributed by atoms with Crippen LogP contribution < -0.4 is 5.32 Å². The summed E-state index contributed by atoms with van der Waals surface area (Å²) >= 11 is 0. The van der Waals surface area contributed by atoms with Gasteiger partial charge in [-0.1, -0.05) is 0 Å². The largest absolute Gasteiger partial charge is 0.352 e. The third-order valence-electron chi connectivity index (χ3n) is 1.46. The minimum atomic E-state index is -0.749. The molecule has 1 aromatic rings. The SMILES string of the molecule is CCNC(=O)c1cc(F)cc(F)c1.Cl. The Morgan fingerprint density at radius 2 is 1.79 bits per heavy atom. The summed E-state index contributed by atoms with van der Waals surface area (Å²) in [6.07, 6.45) is 0. The van der Waals surface area contributed by atoms with Crippen molar-refractivity contribution >= 4 is 18.3 Å². The summed E-state index contributed by atoms with van der Waals surface area (Å²) in [7, 11) is 0. The van der Waals surface area contributed by atoms with E-state index in [0.29, 0.717) is 6.54 Å². The number of rotatable bonds is 2. The highest BCUT2D eigenvalue weighted by atomic mass is 35.5. The molecule has 2 nitrogen and oxygen atoms in total. The number of hydrogen-bond donors (Lipinski definition) is 1. The van der Waals surface area contributed by atoms with Crippen molar-refractivity contribution < 1.29 is 13.6 Å². The molecule has 0 spiro atoms. The van der Waals surface area contributed by atoms with Crippen LogP contribution >= 0.6 is 12.4 Å². The predicted octanol–water partition coefficient (Wildman–Crippen LogP) is 2.14. The van der Waals surface area contributed by atoms with Gasteiger partial charge in [0.05, 0.1) is 0 Å². The molecule has 0 atom stereocenters. The average molecular weight is 222 g/mol. The number of carbonyl (C=O) groups is 1. The van der Waals surface area contributed by atoms with E-state index in [2.05, 4.69) is 5.32 Å². The molecule has 0 bridgehead atoms. The number of hydrogen-bond acceptors (Lipinski definition) is 1. The first-order chi connectivity index (χ1) is 6.13. The van der Waals surface area contributed by atoms with E-state index in [1.807, 2.05) is 0 Å². The fraction of sp³-hybridized carbons (Fsp3) is 0.222. The van der Waals surface area contributed by atoms with E-state index in [0.717, 1.165) is 18.2 Å². The van der Waals surface area contributed by atoms with Crippen LogP contribution in [0.1, 0.15) is 17.3 Å². The second-order valence-corrected chi connectivity index (χ2v) is 2.52. The molecule has 0 aliphatic rings. The Labute approximate surface area is 86.7 Å². The van der Waals surface area contributed by atoms with Crippen molar-refractivity contribution in [2.75, 3.05) is 6.54 Å². The van der Waals surface area contributed by atoms with Gasteiger partial charge >= 0.3 is 0 Å². The van der Waals surface area contributed by atoms with Gasteiger partial charge in [0.2, 0.25) is 0 Å². The minimum Gasteiger partial charge on any atom is -0.352 e. The fourth-order valence-corrected chi connectivity index (χ4v) is 0.948. The van der Waals surface area contributed by atoms with Crippen LogP contribution in [0.15, 0.2) is 18.2 Å². The average Bonchev–Trinajstić information content (AvgIpc) is 2.03. The molecule has 14 heavy (non-hydrogen) atoms. The van der Waals surface area contributed by atoms with Crippen LogP contribution in [0, 0.1) is 11.6 Å². The van der Waals surface area contributed by atoms with Gasteiger partial charge in [0.25, 0.3) is 5.91 Å². The molecular formula is C9H10ClF2NO. The Morgan fingerprint density at radius 3 is 2.21 bits per heavy atom. The van der Waals surface area contributed by atoms with Gasteiger partial charge in [0, 0.05) is 18.2 Å². The highest BCUT2D eigenvalue weighted by Crippen LogP contribution is 2.07. The molecule has 0 unspecified atom stereocenters. The maximum atomic E-state index is 12.6. The smallest absolute Gasteiger partial charge is 0.251 e. The summed E-state index contributed by atoms with van der Waals surface area (Å²) in [5, 5.41) is 2.44. The molecule has 0 saturated heterocycles. The molecule has 1 N–H and O–H groups in total. The van der Waals surface area contributed by atoms with Crippen molar-refractivity contribution in [3.63, 3.8) is 0 Å². The van der Waals surface area contributed by atoms with E-state index < -0.39 is 17.5 Å². The molecule has 1 aromatic carbocycles. The first-order valence-corrected chi connectivity index (χ1v) is 3.87. The van der Waals surface area contributed by atoms with E-state index in [9.17, 15) is 13.6 Å². The van der Waals surface area contributed by atoms with Crippen molar-refractivity contribution in [2.45, 2.75) is 6.92 Å². The van der Waals surface area contributed by atoms with E-state index in [4.69, 9.17) is 0 Å². The van der Waals surface area contributed by atoms with Crippen LogP contribution in [0.25, 0.3) is 0 Å². The Morgan fingerprint density at radius 1 is 1.29 bits per heavy atom. The zero-order chi connectivity index (χ0) is 9.84. The molecular weight excluding hydrogens is 212 g/mol. The minimum absolute atomic E-state index is 0. The fourth-order valence-electron chi connectivity index (χ4n) is 0.948. The van der Waals surface area contributed by atoms with Gasteiger partial charge in [-0.15, -0.1) is 12.4 Å². The second kappa shape index (κ2) is 5.54. The molecule has 0 radical (unpaired) electrons. The van der Waals surface area contributed by atoms with Crippen molar-refractivity contribution in [1.82, 2.24) is 5.32 Å². The number of halogens is 3. The van der Waals surface area contributed by atoms with E-state index in [1.165, 1.54) is 0 Å². The van der Waals surface area contributed by atoms with Crippen LogP contribution in [0.2, 0.25) is 0 Å². The lowest BCUT2D eigenvalue weighted by Gasteiger charge is -2.01. The van der Waals surface area contributed by atoms with E-state index in [1.54, 1.807) is 6.92 Å². The molecule has 0 aliphatic heterocycles. The third-order valence-corrected chi connectivity index (χ3v) is 1.46. The quantitative estimate of drug-likeness (QED) is 0.815. The molecule has 0 aromatic heterocycles. The standard InChI is InChI=1S/C9H9F2NO.ClH/c1-2-12-9(13)6-3-7(10)5-8(11)4-6;/h3-5H,2H2,1H3,(H,12,13);1H. The van der Waals surface area contributed by atoms with Crippen LogP contribution in [0.3, 0.4) is 0 Å². The van der Waals surface area contributed by atoms with Crippen LogP contribution in [-0.4, -0.2) is 12.5 Å². The van der Waals surface area contributed by atoms with E-state index in [-0.39, 0.29) is 18.0 Å². The molecule has 5 heteroatoms. The Hall–Kier alpha value is -1.16.